The molecule has 2 aliphatic rings. The first-order valence-electron chi connectivity index (χ1n) is 12.5. The maximum atomic E-state index is 13.4. The molecule has 1 spiro atoms. The van der Waals surface area contributed by atoms with Crippen LogP contribution in [0.4, 0.5) is 10.5 Å². The zero-order valence-electron chi connectivity index (χ0n) is 20.6. The van der Waals surface area contributed by atoms with Crippen LogP contribution >= 0.6 is 34.5 Å². The third kappa shape index (κ3) is 4.89. The Morgan fingerprint density at radius 3 is 2.76 bits per heavy atom. The van der Waals surface area contributed by atoms with Gasteiger partial charge in [0, 0.05) is 36.5 Å². The fourth-order valence-corrected chi connectivity index (χ4v) is 6.52. The fraction of sp³-hybridized carbons (Fsp3) is 0.286. The van der Waals surface area contributed by atoms with Crippen molar-refractivity contribution in [3.05, 3.63) is 87.4 Å². The van der Waals surface area contributed by atoms with Gasteiger partial charge in [-0.25, -0.2) is 9.78 Å². The van der Waals surface area contributed by atoms with E-state index in [1.807, 2.05) is 28.6 Å². The van der Waals surface area contributed by atoms with Crippen molar-refractivity contribution in [3.8, 4) is 0 Å². The lowest BCUT2D eigenvalue weighted by Crippen LogP contribution is -2.47. The Bertz CT molecular complexity index is 1500. The summed E-state index contributed by atoms with van der Waals surface area (Å²) in [6, 6.07) is 9.71. The average molecular weight is 566 g/mol. The molecule has 7 nitrogen and oxygen atoms in total. The molecule has 2 aliphatic heterocycles. The molecule has 0 bridgehead atoms. The number of carbonyl (C=O) groups excluding carboxylic acids is 1. The highest BCUT2D eigenvalue weighted by molar-refractivity contribution is 7.16. The summed E-state index contributed by atoms with van der Waals surface area (Å²) in [5.74, 6) is 0. The number of hydrogen-bond donors (Lipinski definition) is 1. The number of piperidine rings is 1. The number of aromatic nitrogens is 3. The molecule has 1 fully saturated rings. The fourth-order valence-electron chi connectivity index (χ4n) is 5.52. The highest BCUT2D eigenvalue weighted by Crippen LogP contribution is 2.50. The van der Waals surface area contributed by atoms with Gasteiger partial charge in [0.05, 0.1) is 49.9 Å². The normalized spacial score (nSPS) is 16.9. The Balaban J connectivity index is 1.18. The van der Waals surface area contributed by atoms with Crippen LogP contribution in [-0.2, 0) is 12.0 Å². The number of fused-ring (bicyclic) bond motifs is 4. The molecule has 4 heterocycles. The molecule has 2 aromatic heterocycles. The number of nitrogens with zero attached hydrogens (tertiary/aromatic N) is 5. The number of hydrogen-bond acceptors (Lipinski definition) is 6. The monoisotopic (exact) mass is 564 g/mol. The van der Waals surface area contributed by atoms with Gasteiger partial charge in [0.15, 0.2) is 0 Å². The first-order valence-corrected chi connectivity index (χ1v) is 14.2. The number of likely N-dealkylation sites (tertiary alicyclic amines) is 1. The lowest BCUT2D eigenvalue weighted by Gasteiger charge is -2.39. The van der Waals surface area contributed by atoms with E-state index in [0.717, 1.165) is 59.6 Å². The van der Waals surface area contributed by atoms with Crippen LogP contribution in [0.5, 0.6) is 0 Å². The summed E-state index contributed by atoms with van der Waals surface area (Å²) in [6.45, 7) is 3.73. The largest absolute Gasteiger partial charge is 0.332 e. The van der Waals surface area contributed by atoms with Gasteiger partial charge >= 0.3 is 6.03 Å². The summed E-state index contributed by atoms with van der Waals surface area (Å²) in [6.07, 6.45) is 11.1. The third-order valence-electron chi connectivity index (χ3n) is 7.48. The quantitative estimate of drug-likeness (QED) is 0.313. The van der Waals surface area contributed by atoms with Crippen LogP contribution in [-0.4, -0.2) is 52.1 Å². The molecule has 0 atom stereocenters. The maximum Gasteiger partial charge on any atom is 0.322 e. The standard InChI is InChI=1S/C28H26Cl2N6OS/c29-21-4-3-19(14-22(21)30)2-1-11-35-12-7-28(8-13-35)17-36(27(37)33-16-20-15-31-9-10-32-20)23-5-6-24-26(25(23)28)34-18-38-24/h1-6,9-10,14-15,18H,7-8,11-13,16-17H2,(H,33,37). The molecule has 0 radical (unpaired) electrons. The van der Waals surface area contributed by atoms with Crippen molar-refractivity contribution < 1.29 is 4.79 Å². The molecule has 0 unspecified atom stereocenters. The van der Waals surface area contributed by atoms with Crippen LogP contribution in [0.3, 0.4) is 0 Å². The van der Waals surface area contributed by atoms with Crippen molar-refractivity contribution >= 4 is 62.5 Å². The molecule has 0 aliphatic carbocycles. The molecule has 38 heavy (non-hydrogen) atoms. The molecule has 194 valence electrons. The predicted molar refractivity (Wildman–Crippen MR) is 154 cm³/mol. The SMILES string of the molecule is O=C(NCc1cnccn1)N1CC2(CCN(CC=Cc3ccc(Cl)c(Cl)c3)CC2)c2c1ccc1scnc21. The van der Waals surface area contributed by atoms with E-state index in [4.69, 9.17) is 28.2 Å². The summed E-state index contributed by atoms with van der Waals surface area (Å²) < 4.78 is 1.16. The Morgan fingerprint density at radius 2 is 1.97 bits per heavy atom. The maximum absolute atomic E-state index is 13.4. The summed E-state index contributed by atoms with van der Waals surface area (Å²) in [5.41, 5.74) is 6.77. The van der Waals surface area contributed by atoms with E-state index in [1.165, 1.54) is 5.56 Å². The molecular weight excluding hydrogens is 539 g/mol. The summed E-state index contributed by atoms with van der Waals surface area (Å²) in [7, 11) is 0. The topological polar surface area (TPSA) is 74.2 Å². The van der Waals surface area contributed by atoms with Crippen LogP contribution in [0.1, 0.15) is 29.7 Å². The molecule has 0 saturated carbocycles. The predicted octanol–water partition coefficient (Wildman–Crippen LogP) is 6.17. The number of anilines is 1. The van der Waals surface area contributed by atoms with Crippen LogP contribution in [0.2, 0.25) is 10.0 Å². The second kappa shape index (κ2) is 10.6. The first kappa shape index (κ1) is 25.2. The molecule has 2 aromatic carbocycles. The summed E-state index contributed by atoms with van der Waals surface area (Å²) in [4.78, 5) is 30.8. The molecule has 6 rings (SSSR count). The Morgan fingerprint density at radius 1 is 1.11 bits per heavy atom. The molecule has 2 amide bonds. The third-order valence-corrected chi connectivity index (χ3v) is 9.01. The number of carbonyl (C=O) groups is 1. The highest BCUT2D eigenvalue weighted by Gasteiger charge is 2.47. The van der Waals surface area contributed by atoms with E-state index in [-0.39, 0.29) is 11.4 Å². The van der Waals surface area contributed by atoms with E-state index in [2.05, 4.69) is 44.5 Å². The zero-order chi connectivity index (χ0) is 26.1. The first-order chi connectivity index (χ1) is 18.5. The Labute approximate surface area is 235 Å². The van der Waals surface area contributed by atoms with Crippen molar-refractivity contribution in [3.63, 3.8) is 0 Å². The van der Waals surface area contributed by atoms with Gasteiger partial charge in [-0.15, -0.1) is 11.3 Å². The van der Waals surface area contributed by atoms with E-state index < -0.39 is 0 Å². The highest BCUT2D eigenvalue weighted by atomic mass is 35.5. The number of thiazole rings is 1. The van der Waals surface area contributed by atoms with Crippen molar-refractivity contribution in [2.45, 2.75) is 24.8 Å². The van der Waals surface area contributed by atoms with Gasteiger partial charge in [0.2, 0.25) is 0 Å². The molecule has 1 N–H and O–H groups in total. The smallest absolute Gasteiger partial charge is 0.322 e. The Kier molecular flexibility index (Phi) is 7.05. The van der Waals surface area contributed by atoms with E-state index >= 15 is 0 Å². The van der Waals surface area contributed by atoms with Crippen LogP contribution in [0.25, 0.3) is 16.3 Å². The van der Waals surface area contributed by atoms with Gasteiger partial charge in [-0.1, -0.05) is 41.4 Å². The molecule has 1 saturated heterocycles. The molecule has 4 aromatic rings. The number of urea groups is 1. The van der Waals surface area contributed by atoms with Gasteiger partial charge in [0.25, 0.3) is 0 Å². The number of halogens is 2. The molecule has 10 heteroatoms. The second-order valence-electron chi connectivity index (χ2n) is 9.76. The zero-order valence-corrected chi connectivity index (χ0v) is 22.9. The van der Waals surface area contributed by atoms with Gasteiger partial charge in [-0.3, -0.25) is 19.8 Å². The number of benzene rings is 2. The van der Waals surface area contributed by atoms with Crippen molar-refractivity contribution in [2.75, 3.05) is 31.1 Å². The number of nitrogens with one attached hydrogen (secondary N) is 1. The second-order valence-corrected chi connectivity index (χ2v) is 11.5. The van der Waals surface area contributed by atoms with Crippen LogP contribution < -0.4 is 10.2 Å². The van der Waals surface area contributed by atoms with Gasteiger partial charge < -0.3 is 5.32 Å². The summed E-state index contributed by atoms with van der Waals surface area (Å²) >= 11 is 13.8. The van der Waals surface area contributed by atoms with Crippen molar-refractivity contribution in [1.82, 2.24) is 25.2 Å². The van der Waals surface area contributed by atoms with E-state index in [9.17, 15) is 4.79 Å². The average Bonchev–Trinajstić information content (AvgIpc) is 3.54. The summed E-state index contributed by atoms with van der Waals surface area (Å²) in [5, 5.41) is 4.16. The van der Waals surface area contributed by atoms with Crippen LogP contribution in [0, 0.1) is 0 Å². The Hall–Kier alpha value is -3.04. The van der Waals surface area contributed by atoms with Gasteiger partial charge in [-0.05, 0) is 55.8 Å². The molecular formula is C28H26Cl2N6OS. The van der Waals surface area contributed by atoms with E-state index in [1.54, 1.807) is 29.9 Å². The van der Waals surface area contributed by atoms with Gasteiger partial charge in [0.1, 0.15) is 0 Å². The minimum absolute atomic E-state index is 0.114. The van der Waals surface area contributed by atoms with Gasteiger partial charge in [-0.2, -0.15) is 0 Å². The van der Waals surface area contributed by atoms with Crippen molar-refractivity contribution in [2.24, 2.45) is 0 Å². The minimum atomic E-state index is -0.115. The minimum Gasteiger partial charge on any atom is -0.332 e. The lowest BCUT2D eigenvalue weighted by molar-refractivity contribution is 0.180. The van der Waals surface area contributed by atoms with Crippen molar-refractivity contribution in [1.29, 1.82) is 0 Å². The lowest BCUT2D eigenvalue weighted by atomic mass is 9.74. The number of rotatable bonds is 5. The van der Waals surface area contributed by atoms with Crippen LogP contribution in [0.15, 0.2) is 60.5 Å². The number of amides is 2. The van der Waals surface area contributed by atoms with E-state index in [0.29, 0.717) is 23.1 Å².